The summed E-state index contributed by atoms with van der Waals surface area (Å²) in [7, 11) is 0. The molecule has 4 nitrogen and oxygen atoms in total. The van der Waals surface area contributed by atoms with Crippen LogP contribution >= 0.6 is 0 Å². The summed E-state index contributed by atoms with van der Waals surface area (Å²) in [5, 5.41) is 0. The number of aliphatic imine (C=N–C) groups is 1. The maximum atomic E-state index is 5.52. The zero-order chi connectivity index (χ0) is 18.4. The third-order valence-corrected chi connectivity index (χ3v) is 5.65. The van der Waals surface area contributed by atoms with Crippen molar-refractivity contribution in [1.82, 2.24) is 9.80 Å². The van der Waals surface area contributed by atoms with E-state index in [-0.39, 0.29) is 10.8 Å². The second kappa shape index (κ2) is 6.70. The van der Waals surface area contributed by atoms with Crippen LogP contribution in [0.5, 0.6) is 0 Å². The number of nitrogens with zero attached hydrogens (tertiary/aromatic N) is 3. The minimum absolute atomic E-state index is 0.0940. The smallest absolute Gasteiger partial charge is 0.109 e. The Bertz CT molecular complexity index is 559. The van der Waals surface area contributed by atoms with Gasteiger partial charge in [-0.1, -0.05) is 41.5 Å². The van der Waals surface area contributed by atoms with Crippen LogP contribution in [0.2, 0.25) is 0 Å². The van der Waals surface area contributed by atoms with E-state index >= 15 is 0 Å². The summed E-state index contributed by atoms with van der Waals surface area (Å²) in [4.78, 5) is 10.3. The van der Waals surface area contributed by atoms with Crippen LogP contribution in [0.15, 0.2) is 16.3 Å². The van der Waals surface area contributed by atoms with Crippen molar-refractivity contribution < 1.29 is 4.74 Å². The molecule has 0 unspecified atom stereocenters. The van der Waals surface area contributed by atoms with E-state index in [0.29, 0.717) is 12.0 Å². The Morgan fingerprint density at radius 1 is 1.04 bits per heavy atom. The Balaban J connectivity index is 1.87. The third-order valence-electron chi connectivity index (χ3n) is 5.65. The van der Waals surface area contributed by atoms with Gasteiger partial charge in [-0.2, -0.15) is 0 Å². The van der Waals surface area contributed by atoms with Crippen molar-refractivity contribution in [3.8, 4) is 0 Å². The SMILES string of the molecule is C[C@@H]1N=C(C(C)(C)C)N2C[C@H](CN3CCOCC3)CC2=C1C(C)(C)C. The van der Waals surface area contributed by atoms with E-state index in [2.05, 4.69) is 58.3 Å². The summed E-state index contributed by atoms with van der Waals surface area (Å²) in [5.74, 6) is 1.98. The highest BCUT2D eigenvalue weighted by atomic mass is 16.5. The van der Waals surface area contributed by atoms with E-state index in [1.165, 1.54) is 18.8 Å². The number of ether oxygens (including phenoxy) is 1. The van der Waals surface area contributed by atoms with E-state index in [1.54, 1.807) is 11.3 Å². The van der Waals surface area contributed by atoms with Crippen LogP contribution in [0, 0.1) is 16.7 Å². The molecule has 3 rings (SSSR count). The van der Waals surface area contributed by atoms with Gasteiger partial charge in [0.05, 0.1) is 19.3 Å². The Labute approximate surface area is 154 Å². The first-order valence-corrected chi connectivity index (χ1v) is 9.97. The monoisotopic (exact) mass is 347 g/mol. The molecule has 0 N–H and O–H groups in total. The van der Waals surface area contributed by atoms with E-state index < -0.39 is 0 Å². The highest BCUT2D eigenvalue weighted by Crippen LogP contribution is 2.44. The van der Waals surface area contributed by atoms with Crippen LogP contribution in [-0.4, -0.2) is 61.1 Å². The maximum absolute atomic E-state index is 5.52. The number of rotatable bonds is 2. The Morgan fingerprint density at radius 3 is 2.24 bits per heavy atom. The minimum atomic E-state index is 0.0940. The molecule has 25 heavy (non-hydrogen) atoms. The van der Waals surface area contributed by atoms with Gasteiger partial charge < -0.3 is 9.64 Å². The van der Waals surface area contributed by atoms with Crippen LogP contribution in [0.3, 0.4) is 0 Å². The lowest BCUT2D eigenvalue weighted by atomic mass is 9.79. The number of morpholine rings is 1. The van der Waals surface area contributed by atoms with Gasteiger partial charge in [0.15, 0.2) is 0 Å². The highest BCUT2D eigenvalue weighted by molar-refractivity contribution is 5.90. The molecule has 142 valence electrons. The minimum Gasteiger partial charge on any atom is -0.379 e. The average Bonchev–Trinajstić information content (AvgIpc) is 2.87. The molecule has 0 spiro atoms. The average molecular weight is 348 g/mol. The number of allylic oxidation sites excluding steroid dienone is 1. The molecular weight excluding hydrogens is 310 g/mol. The number of hydrogen-bond acceptors (Lipinski definition) is 4. The number of amidine groups is 1. The van der Waals surface area contributed by atoms with Gasteiger partial charge in [0.2, 0.25) is 0 Å². The molecule has 4 heteroatoms. The molecule has 0 aromatic carbocycles. The molecule has 3 heterocycles. The van der Waals surface area contributed by atoms with E-state index in [9.17, 15) is 0 Å². The molecule has 0 bridgehead atoms. The van der Waals surface area contributed by atoms with Gasteiger partial charge in [0.25, 0.3) is 0 Å². The highest BCUT2D eigenvalue weighted by Gasteiger charge is 2.42. The van der Waals surface area contributed by atoms with Gasteiger partial charge in [0, 0.05) is 37.3 Å². The first-order chi connectivity index (χ1) is 11.6. The molecule has 0 aromatic rings. The standard InChI is InChI=1S/C21H37N3O/c1-15-18(20(2,3)4)17-12-16(13-23-8-10-25-11-9-23)14-24(17)19(22-15)21(5,6)7/h15-16H,8-14H2,1-7H3/t15-,16-/m0/s1. The second-order valence-corrected chi connectivity index (χ2v) is 10.1. The predicted octanol–water partition coefficient (Wildman–Crippen LogP) is 3.79. The van der Waals surface area contributed by atoms with Crippen molar-refractivity contribution in [2.75, 3.05) is 39.4 Å². The molecule has 2 saturated heterocycles. The van der Waals surface area contributed by atoms with Gasteiger partial charge in [0.1, 0.15) is 5.84 Å². The van der Waals surface area contributed by atoms with Crippen molar-refractivity contribution in [1.29, 1.82) is 0 Å². The predicted molar refractivity (Wildman–Crippen MR) is 105 cm³/mol. The van der Waals surface area contributed by atoms with Gasteiger partial charge in [-0.3, -0.25) is 9.89 Å². The molecular formula is C21H37N3O. The number of fused-ring (bicyclic) bond motifs is 1. The molecule has 0 aliphatic carbocycles. The second-order valence-electron chi connectivity index (χ2n) is 10.1. The summed E-state index contributed by atoms with van der Waals surface area (Å²) in [5.41, 5.74) is 3.38. The molecule has 0 saturated carbocycles. The van der Waals surface area contributed by atoms with E-state index in [1.807, 2.05) is 0 Å². The number of hydrogen-bond donors (Lipinski definition) is 0. The van der Waals surface area contributed by atoms with Crippen LogP contribution in [-0.2, 0) is 4.74 Å². The molecule has 3 aliphatic rings. The molecule has 2 atom stereocenters. The van der Waals surface area contributed by atoms with Crippen molar-refractivity contribution in [2.45, 2.75) is 60.9 Å². The van der Waals surface area contributed by atoms with Gasteiger partial charge >= 0.3 is 0 Å². The zero-order valence-electron chi connectivity index (χ0n) is 17.4. The molecule has 2 fully saturated rings. The lowest BCUT2D eigenvalue weighted by Gasteiger charge is -2.41. The van der Waals surface area contributed by atoms with Crippen LogP contribution < -0.4 is 0 Å². The normalized spacial score (nSPS) is 29.1. The van der Waals surface area contributed by atoms with Crippen molar-refractivity contribution in [3.63, 3.8) is 0 Å². The van der Waals surface area contributed by atoms with Crippen LogP contribution in [0.25, 0.3) is 0 Å². The van der Waals surface area contributed by atoms with Gasteiger partial charge in [-0.15, -0.1) is 0 Å². The topological polar surface area (TPSA) is 28.1 Å². The summed E-state index contributed by atoms with van der Waals surface area (Å²) in [6.07, 6.45) is 1.20. The van der Waals surface area contributed by atoms with Crippen molar-refractivity contribution >= 4 is 5.84 Å². The Morgan fingerprint density at radius 2 is 1.68 bits per heavy atom. The molecule has 0 aromatic heterocycles. The maximum Gasteiger partial charge on any atom is 0.109 e. The van der Waals surface area contributed by atoms with Crippen molar-refractivity contribution in [2.24, 2.45) is 21.7 Å². The van der Waals surface area contributed by atoms with E-state index in [4.69, 9.17) is 9.73 Å². The fourth-order valence-corrected chi connectivity index (χ4v) is 4.77. The first-order valence-electron chi connectivity index (χ1n) is 9.97. The van der Waals surface area contributed by atoms with Crippen molar-refractivity contribution in [3.05, 3.63) is 11.3 Å². The molecule has 3 aliphatic heterocycles. The summed E-state index contributed by atoms with van der Waals surface area (Å²) in [6.45, 7) is 22.5. The Kier molecular flexibility index (Phi) is 5.06. The summed E-state index contributed by atoms with van der Waals surface area (Å²) < 4.78 is 5.52. The zero-order valence-corrected chi connectivity index (χ0v) is 17.4. The lowest BCUT2D eigenvalue weighted by molar-refractivity contribution is 0.0315. The van der Waals surface area contributed by atoms with Crippen LogP contribution in [0.4, 0.5) is 0 Å². The summed E-state index contributed by atoms with van der Waals surface area (Å²) in [6, 6.07) is 0.294. The fourth-order valence-electron chi connectivity index (χ4n) is 4.77. The molecule has 0 amide bonds. The third kappa shape index (κ3) is 3.95. The quantitative estimate of drug-likeness (QED) is 0.761. The van der Waals surface area contributed by atoms with E-state index in [0.717, 1.165) is 32.8 Å². The first kappa shape index (κ1) is 18.9. The van der Waals surface area contributed by atoms with Gasteiger partial charge in [-0.05, 0) is 30.3 Å². The lowest BCUT2D eigenvalue weighted by Crippen LogP contribution is -2.44. The van der Waals surface area contributed by atoms with Gasteiger partial charge in [-0.25, -0.2) is 0 Å². The summed E-state index contributed by atoms with van der Waals surface area (Å²) >= 11 is 0. The largest absolute Gasteiger partial charge is 0.379 e. The van der Waals surface area contributed by atoms with Crippen LogP contribution in [0.1, 0.15) is 54.9 Å². The Hall–Kier alpha value is -0.870. The molecule has 0 radical (unpaired) electrons. The fraction of sp³-hybridized carbons (Fsp3) is 0.857.